The predicted molar refractivity (Wildman–Crippen MR) is 107 cm³/mol. The van der Waals surface area contributed by atoms with Crippen LogP contribution in [-0.4, -0.2) is 37.6 Å². The molecule has 0 N–H and O–H groups in total. The van der Waals surface area contributed by atoms with Crippen molar-refractivity contribution in [3.8, 4) is 11.4 Å². The first kappa shape index (κ1) is 20.0. The number of benzene rings is 1. The zero-order valence-corrected chi connectivity index (χ0v) is 17.6. The number of halogens is 1. The highest BCUT2D eigenvalue weighted by Crippen LogP contribution is 2.29. The van der Waals surface area contributed by atoms with Crippen LogP contribution < -0.4 is 0 Å². The van der Waals surface area contributed by atoms with Crippen molar-refractivity contribution in [1.82, 2.24) is 24.9 Å². The van der Waals surface area contributed by atoms with Crippen LogP contribution in [-0.2, 0) is 22.4 Å². The van der Waals surface area contributed by atoms with Crippen LogP contribution in [0.25, 0.3) is 11.4 Å². The number of hydrogen-bond donors (Lipinski definition) is 0. The molecule has 7 nitrogen and oxygen atoms in total. The van der Waals surface area contributed by atoms with Crippen molar-refractivity contribution < 1.29 is 13.7 Å². The summed E-state index contributed by atoms with van der Waals surface area (Å²) >= 11 is 1.50. The van der Waals surface area contributed by atoms with E-state index in [1.165, 1.54) is 23.9 Å². The van der Waals surface area contributed by atoms with Crippen LogP contribution in [0, 0.1) is 5.82 Å². The first-order valence-electron chi connectivity index (χ1n) is 9.67. The molecule has 0 amide bonds. The standard InChI is InChI=1S/C20H24FN5O2S/c1-20(2,3)18-22-16(25-28-18)12-29-19-24-23-17(13-6-8-14(21)9-7-13)26(19)11-15-5-4-10-27-15/h6-9,15H,4-5,10-12H2,1-3H3. The third kappa shape index (κ3) is 4.67. The Morgan fingerprint density at radius 3 is 2.66 bits per heavy atom. The molecule has 1 aliphatic heterocycles. The number of ether oxygens (including phenoxy) is 1. The van der Waals surface area contributed by atoms with Gasteiger partial charge in [-0.1, -0.05) is 37.7 Å². The normalized spacial score (nSPS) is 17.2. The van der Waals surface area contributed by atoms with Crippen molar-refractivity contribution in [3.63, 3.8) is 0 Å². The molecule has 3 aromatic rings. The first-order chi connectivity index (χ1) is 13.9. The lowest BCUT2D eigenvalue weighted by molar-refractivity contribution is 0.0953. The largest absolute Gasteiger partial charge is 0.376 e. The molecule has 2 aromatic heterocycles. The molecular formula is C20H24FN5O2S. The predicted octanol–water partition coefficient (Wildman–Crippen LogP) is 4.24. The second-order valence-corrected chi connectivity index (χ2v) is 9.06. The third-order valence-electron chi connectivity index (χ3n) is 4.67. The van der Waals surface area contributed by atoms with Crippen molar-refractivity contribution in [2.24, 2.45) is 0 Å². The highest BCUT2D eigenvalue weighted by molar-refractivity contribution is 7.98. The van der Waals surface area contributed by atoms with Gasteiger partial charge in [-0.05, 0) is 37.1 Å². The summed E-state index contributed by atoms with van der Waals surface area (Å²) in [6.07, 6.45) is 2.19. The second kappa shape index (κ2) is 8.23. The number of nitrogens with zero attached hydrogens (tertiary/aromatic N) is 5. The molecule has 0 spiro atoms. The van der Waals surface area contributed by atoms with Gasteiger partial charge in [0.25, 0.3) is 0 Å². The summed E-state index contributed by atoms with van der Waals surface area (Å²) < 4.78 is 26.6. The molecule has 9 heteroatoms. The molecule has 0 saturated carbocycles. The van der Waals surface area contributed by atoms with Crippen LogP contribution in [0.15, 0.2) is 33.9 Å². The van der Waals surface area contributed by atoms with E-state index in [-0.39, 0.29) is 17.3 Å². The topological polar surface area (TPSA) is 78.9 Å². The van der Waals surface area contributed by atoms with E-state index < -0.39 is 0 Å². The summed E-state index contributed by atoms with van der Waals surface area (Å²) in [7, 11) is 0. The van der Waals surface area contributed by atoms with E-state index in [1.54, 1.807) is 12.1 Å². The molecule has 1 saturated heterocycles. The Morgan fingerprint density at radius 1 is 1.21 bits per heavy atom. The fraction of sp³-hybridized carbons (Fsp3) is 0.500. The Morgan fingerprint density at radius 2 is 2.00 bits per heavy atom. The maximum Gasteiger partial charge on any atom is 0.232 e. The van der Waals surface area contributed by atoms with Gasteiger partial charge in [0, 0.05) is 17.6 Å². The molecule has 0 aliphatic carbocycles. The van der Waals surface area contributed by atoms with Gasteiger partial charge in [0.1, 0.15) is 5.82 Å². The zero-order chi connectivity index (χ0) is 20.4. The SMILES string of the molecule is CC(C)(C)c1nc(CSc2nnc(-c3ccc(F)cc3)n2CC2CCCO2)no1. The second-order valence-electron chi connectivity index (χ2n) is 8.11. The zero-order valence-electron chi connectivity index (χ0n) is 16.8. The monoisotopic (exact) mass is 417 g/mol. The van der Waals surface area contributed by atoms with Gasteiger partial charge >= 0.3 is 0 Å². The Balaban J connectivity index is 1.57. The van der Waals surface area contributed by atoms with Gasteiger partial charge in [0.2, 0.25) is 5.89 Å². The van der Waals surface area contributed by atoms with Gasteiger partial charge in [-0.3, -0.25) is 4.57 Å². The van der Waals surface area contributed by atoms with Crippen LogP contribution in [0.2, 0.25) is 0 Å². The highest BCUT2D eigenvalue weighted by atomic mass is 32.2. The van der Waals surface area contributed by atoms with Gasteiger partial charge in [-0.25, -0.2) is 4.39 Å². The quantitative estimate of drug-likeness (QED) is 0.555. The third-order valence-corrected chi connectivity index (χ3v) is 5.63. The maximum absolute atomic E-state index is 13.3. The molecule has 3 heterocycles. The lowest BCUT2D eigenvalue weighted by Gasteiger charge is -2.14. The van der Waals surface area contributed by atoms with Crippen LogP contribution in [0.4, 0.5) is 4.39 Å². The van der Waals surface area contributed by atoms with Crippen molar-refractivity contribution in [2.75, 3.05) is 6.61 Å². The van der Waals surface area contributed by atoms with Crippen LogP contribution >= 0.6 is 11.8 Å². The van der Waals surface area contributed by atoms with Gasteiger partial charge in [-0.15, -0.1) is 10.2 Å². The van der Waals surface area contributed by atoms with E-state index >= 15 is 0 Å². The van der Waals surface area contributed by atoms with Crippen molar-refractivity contribution >= 4 is 11.8 Å². The average Bonchev–Trinajstić information content (AvgIpc) is 3.42. The Bertz CT molecular complexity index is 958. The van der Waals surface area contributed by atoms with E-state index in [2.05, 4.69) is 20.3 Å². The van der Waals surface area contributed by atoms with E-state index in [1.807, 2.05) is 25.3 Å². The molecule has 154 valence electrons. The Kier molecular flexibility index (Phi) is 5.69. The van der Waals surface area contributed by atoms with Gasteiger partial charge in [-0.2, -0.15) is 4.98 Å². The molecular weight excluding hydrogens is 393 g/mol. The molecule has 1 fully saturated rings. The smallest absolute Gasteiger partial charge is 0.232 e. The van der Waals surface area contributed by atoms with Crippen LogP contribution in [0.3, 0.4) is 0 Å². The number of rotatable bonds is 6. The maximum atomic E-state index is 13.3. The average molecular weight is 418 g/mol. The lowest BCUT2D eigenvalue weighted by atomic mass is 9.97. The van der Waals surface area contributed by atoms with E-state index in [9.17, 15) is 4.39 Å². The molecule has 1 aliphatic rings. The lowest BCUT2D eigenvalue weighted by Crippen LogP contribution is -2.16. The molecule has 29 heavy (non-hydrogen) atoms. The summed E-state index contributed by atoms with van der Waals surface area (Å²) in [5.41, 5.74) is 0.629. The number of hydrogen-bond acceptors (Lipinski definition) is 7. The number of thioether (sulfide) groups is 1. The van der Waals surface area contributed by atoms with Crippen molar-refractivity contribution in [2.45, 2.75) is 62.6 Å². The Labute approximate surface area is 173 Å². The minimum Gasteiger partial charge on any atom is -0.376 e. The summed E-state index contributed by atoms with van der Waals surface area (Å²) in [6, 6.07) is 6.30. The van der Waals surface area contributed by atoms with Crippen LogP contribution in [0.5, 0.6) is 0 Å². The van der Waals surface area contributed by atoms with E-state index in [4.69, 9.17) is 9.26 Å². The molecule has 0 radical (unpaired) electrons. The van der Waals surface area contributed by atoms with Gasteiger partial charge in [0.15, 0.2) is 16.8 Å². The van der Waals surface area contributed by atoms with E-state index in [0.717, 1.165) is 30.2 Å². The molecule has 1 unspecified atom stereocenters. The van der Waals surface area contributed by atoms with Crippen molar-refractivity contribution in [1.29, 1.82) is 0 Å². The summed E-state index contributed by atoms with van der Waals surface area (Å²) in [5.74, 6) is 2.18. The minimum absolute atomic E-state index is 0.127. The molecule has 1 aromatic carbocycles. The summed E-state index contributed by atoms with van der Waals surface area (Å²) in [5, 5.41) is 13.6. The summed E-state index contributed by atoms with van der Waals surface area (Å²) in [4.78, 5) is 4.48. The molecule has 0 bridgehead atoms. The summed E-state index contributed by atoms with van der Waals surface area (Å²) in [6.45, 7) is 7.53. The first-order valence-corrected chi connectivity index (χ1v) is 10.7. The fourth-order valence-electron chi connectivity index (χ4n) is 3.11. The highest BCUT2D eigenvalue weighted by Gasteiger charge is 2.24. The van der Waals surface area contributed by atoms with Gasteiger partial charge < -0.3 is 9.26 Å². The fourth-order valence-corrected chi connectivity index (χ4v) is 3.90. The minimum atomic E-state index is -0.278. The number of aromatic nitrogens is 5. The molecule has 1 atom stereocenters. The Hall–Kier alpha value is -2.26. The van der Waals surface area contributed by atoms with Crippen molar-refractivity contribution in [3.05, 3.63) is 41.8 Å². The molecule has 4 rings (SSSR count). The van der Waals surface area contributed by atoms with Crippen LogP contribution in [0.1, 0.15) is 45.3 Å². The van der Waals surface area contributed by atoms with Gasteiger partial charge in [0.05, 0.1) is 18.4 Å². The van der Waals surface area contributed by atoms with E-state index in [0.29, 0.717) is 29.8 Å².